The number of ether oxygens (including phenoxy) is 1. The molecule has 9 heteroatoms. The normalized spacial score (nSPS) is 23.3. The van der Waals surface area contributed by atoms with Gasteiger partial charge in [0.05, 0.1) is 11.3 Å². The van der Waals surface area contributed by atoms with E-state index in [0.717, 1.165) is 38.5 Å². The number of piperidine rings is 3. The summed E-state index contributed by atoms with van der Waals surface area (Å²) in [7, 11) is 0. The first kappa shape index (κ1) is 20.5. The Kier molecular flexibility index (Phi) is 5.31. The van der Waals surface area contributed by atoms with Crippen molar-refractivity contribution in [2.75, 3.05) is 19.6 Å². The number of carbonyl (C=O) groups excluding carboxylic acids is 1. The molecule has 3 fully saturated rings. The van der Waals surface area contributed by atoms with E-state index in [2.05, 4.69) is 15.0 Å². The maximum Gasteiger partial charge on any atom is 0.573 e. The summed E-state index contributed by atoms with van der Waals surface area (Å²) >= 11 is 0. The van der Waals surface area contributed by atoms with Gasteiger partial charge in [-0.05, 0) is 68.6 Å². The summed E-state index contributed by atoms with van der Waals surface area (Å²) in [5.41, 5.74) is 0.726. The van der Waals surface area contributed by atoms with Crippen molar-refractivity contribution in [2.24, 2.45) is 5.92 Å². The lowest BCUT2D eigenvalue weighted by atomic mass is 9.84. The second-order valence-electron chi connectivity index (χ2n) is 7.84. The summed E-state index contributed by atoms with van der Waals surface area (Å²) in [6, 6.07) is 6.54. The van der Waals surface area contributed by atoms with E-state index in [4.69, 9.17) is 0 Å². The third-order valence-electron chi connectivity index (χ3n) is 5.81. The Morgan fingerprint density at radius 3 is 2.50 bits per heavy atom. The first-order valence-corrected chi connectivity index (χ1v) is 9.82. The molecule has 5 rings (SSSR count). The highest BCUT2D eigenvalue weighted by atomic mass is 19.4. The van der Waals surface area contributed by atoms with Gasteiger partial charge in [-0.2, -0.15) is 0 Å². The zero-order chi connectivity index (χ0) is 21.5. The monoisotopic (exact) mass is 421 g/mol. The number of fused-ring (bicyclic) bond motifs is 3. The highest BCUT2D eigenvalue weighted by Gasteiger charge is 2.35. The first-order chi connectivity index (χ1) is 14.2. The van der Waals surface area contributed by atoms with Gasteiger partial charge in [-0.3, -0.25) is 14.2 Å². The van der Waals surface area contributed by atoms with Gasteiger partial charge in [-0.25, -0.2) is 0 Å². The lowest BCUT2D eigenvalue weighted by Gasteiger charge is -2.44. The van der Waals surface area contributed by atoms with Crippen molar-refractivity contribution in [1.29, 1.82) is 0 Å². The van der Waals surface area contributed by atoms with Gasteiger partial charge in [-0.1, -0.05) is 0 Å². The van der Waals surface area contributed by atoms with Crippen LogP contribution in [0, 0.1) is 12.8 Å². The van der Waals surface area contributed by atoms with E-state index in [0.29, 0.717) is 22.7 Å². The number of carbonyl (C=O) groups is 1. The van der Waals surface area contributed by atoms with E-state index in [1.54, 1.807) is 6.92 Å². The Morgan fingerprint density at radius 1 is 1.17 bits per heavy atom. The average molecular weight is 421 g/mol. The first-order valence-electron chi connectivity index (χ1n) is 9.82. The molecule has 6 nitrogen and oxygen atoms in total. The molecule has 1 aromatic heterocycles. The van der Waals surface area contributed by atoms with Crippen LogP contribution in [-0.4, -0.2) is 47.4 Å². The minimum absolute atomic E-state index is 0.0842. The van der Waals surface area contributed by atoms with Gasteiger partial charge in [0.25, 0.3) is 11.5 Å². The second-order valence-corrected chi connectivity index (χ2v) is 7.84. The second kappa shape index (κ2) is 7.79. The Bertz CT molecular complexity index is 1010. The molecule has 3 aliphatic heterocycles. The summed E-state index contributed by atoms with van der Waals surface area (Å²) in [4.78, 5) is 27.5. The molecule has 0 aliphatic carbocycles. The Hall–Kier alpha value is -2.81. The molecular weight excluding hydrogens is 399 g/mol. The summed E-state index contributed by atoms with van der Waals surface area (Å²) in [5.74, 6) is -0.168. The van der Waals surface area contributed by atoms with Gasteiger partial charge in [0.15, 0.2) is 0 Å². The van der Waals surface area contributed by atoms with E-state index in [1.807, 2.05) is 0 Å². The maximum absolute atomic E-state index is 12.8. The molecule has 1 unspecified atom stereocenters. The molecule has 30 heavy (non-hydrogen) atoms. The van der Waals surface area contributed by atoms with Gasteiger partial charge in [-0.15, -0.1) is 13.2 Å². The summed E-state index contributed by atoms with van der Waals surface area (Å²) in [6.45, 7) is 4.53. The molecule has 1 amide bonds. The number of aromatic nitrogens is 1. The molecule has 1 atom stereocenters. The molecule has 4 heterocycles. The number of hydrogen-bond donors (Lipinski definition) is 1. The molecular formula is C21H22F3N3O3. The fourth-order valence-electron chi connectivity index (χ4n) is 4.29. The predicted molar refractivity (Wildman–Crippen MR) is 104 cm³/mol. The fraction of sp³-hybridized carbons (Fsp3) is 0.429. The molecule has 0 spiro atoms. The fourth-order valence-corrected chi connectivity index (χ4v) is 4.29. The number of rotatable bonds is 4. The third kappa shape index (κ3) is 4.35. The number of benzene rings is 1. The van der Waals surface area contributed by atoms with Crippen molar-refractivity contribution in [3.05, 3.63) is 58.0 Å². The third-order valence-corrected chi connectivity index (χ3v) is 5.81. The number of pyridine rings is 1. The van der Waals surface area contributed by atoms with Gasteiger partial charge >= 0.3 is 6.36 Å². The minimum Gasteiger partial charge on any atom is -0.406 e. The lowest BCUT2D eigenvalue weighted by molar-refractivity contribution is -0.274. The topological polar surface area (TPSA) is 63.6 Å². The molecule has 2 bridgehead atoms. The van der Waals surface area contributed by atoms with Crippen LogP contribution in [0.15, 0.2) is 41.3 Å². The highest BCUT2D eigenvalue weighted by Crippen LogP contribution is 2.28. The van der Waals surface area contributed by atoms with Crippen LogP contribution in [-0.2, 0) is 0 Å². The standard InChI is InChI=1S/C21H22F3N3O3/c1-13-10-16(30-21(22,23)24)3-4-18(13)27-11-15(2-5-19(27)28)20(29)25-17-12-26-8-6-14(17)7-9-26/h2-5,10-11,14,17H,6-9,12H2,1H3,(H,25,29). The van der Waals surface area contributed by atoms with Gasteiger partial charge in [0.2, 0.25) is 0 Å². The molecule has 1 N–H and O–H groups in total. The number of hydrogen-bond acceptors (Lipinski definition) is 4. The van der Waals surface area contributed by atoms with Gasteiger partial charge in [0, 0.05) is 24.8 Å². The number of alkyl halides is 3. The number of amides is 1. The van der Waals surface area contributed by atoms with Crippen LogP contribution in [0.1, 0.15) is 28.8 Å². The molecule has 2 aromatic rings. The van der Waals surface area contributed by atoms with E-state index in [9.17, 15) is 22.8 Å². The zero-order valence-corrected chi connectivity index (χ0v) is 16.4. The molecule has 3 saturated heterocycles. The number of nitrogens with one attached hydrogen (secondary N) is 1. The summed E-state index contributed by atoms with van der Waals surface area (Å²) < 4.78 is 42.5. The smallest absolute Gasteiger partial charge is 0.406 e. The van der Waals surface area contributed by atoms with Crippen molar-refractivity contribution in [3.63, 3.8) is 0 Å². The van der Waals surface area contributed by atoms with Gasteiger partial charge in [0.1, 0.15) is 5.75 Å². The lowest BCUT2D eigenvalue weighted by Crippen LogP contribution is -2.57. The van der Waals surface area contributed by atoms with E-state index in [-0.39, 0.29) is 23.3 Å². The van der Waals surface area contributed by atoms with Crippen LogP contribution in [0.3, 0.4) is 0 Å². The number of aryl methyl sites for hydroxylation is 1. The quantitative estimate of drug-likeness (QED) is 0.825. The minimum atomic E-state index is -4.79. The summed E-state index contributed by atoms with van der Waals surface area (Å²) in [5, 5.41) is 3.07. The van der Waals surface area contributed by atoms with Crippen LogP contribution in [0.25, 0.3) is 5.69 Å². The van der Waals surface area contributed by atoms with E-state index >= 15 is 0 Å². The van der Waals surface area contributed by atoms with Crippen molar-refractivity contribution >= 4 is 5.91 Å². The molecule has 0 saturated carbocycles. The van der Waals surface area contributed by atoms with E-state index < -0.39 is 6.36 Å². The molecule has 1 aromatic carbocycles. The predicted octanol–water partition coefficient (Wildman–Crippen LogP) is 2.87. The number of halogens is 3. The van der Waals surface area contributed by atoms with Crippen molar-refractivity contribution in [3.8, 4) is 11.4 Å². The van der Waals surface area contributed by atoms with Crippen LogP contribution in [0.5, 0.6) is 5.75 Å². The van der Waals surface area contributed by atoms with Crippen molar-refractivity contribution in [2.45, 2.75) is 32.2 Å². The van der Waals surface area contributed by atoms with Crippen LogP contribution in [0.2, 0.25) is 0 Å². The van der Waals surface area contributed by atoms with Crippen molar-refractivity contribution < 1.29 is 22.7 Å². The average Bonchev–Trinajstić information content (AvgIpc) is 2.68. The Morgan fingerprint density at radius 2 is 1.90 bits per heavy atom. The van der Waals surface area contributed by atoms with Gasteiger partial charge < -0.3 is 15.0 Å². The SMILES string of the molecule is Cc1cc(OC(F)(F)F)ccc1-n1cc(C(=O)NC2CN3CCC2CC3)ccc1=O. The number of nitrogens with zero attached hydrogens (tertiary/aromatic N) is 2. The maximum atomic E-state index is 12.8. The summed E-state index contributed by atoms with van der Waals surface area (Å²) in [6.07, 6.45) is -1.24. The molecule has 160 valence electrons. The highest BCUT2D eigenvalue weighted by molar-refractivity contribution is 5.94. The van der Waals surface area contributed by atoms with Crippen LogP contribution < -0.4 is 15.6 Å². The Labute approximate surface area is 171 Å². The largest absolute Gasteiger partial charge is 0.573 e. The molecule has 0 radical (unpaired) electrons. The van der Waals surface area contributed by atoms with Crippen molar-refractivity contribution in [1.82, 2.24) is 14.8 Å². The zero-order valence-electron chi connectivity index (χ0n) is 16.4. The van der Waals surface area contributed by atoms with Crippen LogP contribution >= 0.6 is 0 Å². The van der Waals surface area contributed by atoms with Crippen LogP contribution in [0.4, 0.5) is 13.2 Å². The molecule has 3 aliphatic rings. The Balaban J connectivity index is 1.56. The van der Waals surface area contributed by atoms with E-state index in [1.165, 1.54) is 35.0 Å².